The zero-order chi connectivity index (χ0) is 17.9. The summed E-state index contributed by atoms with van der Waals surface area (Å²) in [6.07, 6.45) is 0. The number of nitrogens with zero attached hydrogens (tertiary/aromatic N) is 6. The highest BCUT2D eigenvalue weighted by atomic mass is 32.2. The fourth-order valence-corrected chi connectivity index (χ4v) is 2.83. The van der Waals surface area contributed by atoms with Crippen LogP contribution in [0.25, 0.3) is 0 Å². The molecule has 10 heteroatoms. The Hall–Kier alpha value is -2.49. The van der Waals surface area contributed by atoms with Crippen LogP contribution in [0, 0.1) is 10.1 Å². The Morgan fingerprint density at radius 1 is 1.33 bits per heavy atom. The highest BCUT2D eigenvalue weighted by Gasteiger charge is 2.21. The van der Waals surface area contributed by atoms with Gasteiger partial charge in [-0.3, -0.25) is 14.9 Å². The van der Waals surface area contributed by atoms with Crippen LogP contribution in [0.4, 0.5) is 11.4 Å². The van der Waals surface area contributed by atoms with Gasteiger partial charge in [0.1, 0.15) is 0 Å². The second-order valence-corrected chi connectivity index (χ2v) is 7.00. The number of nitro benzene ring substituents is 1. The second-order valence-electron chi connectivity index (χ2n) is 6.06. The zero-order valence-corrected chi connectivity index (χ0v) is 14.6. The number of non-ortho nitro benzene ring substituents is 1. The molecule has 9 nitrogen and oxygen atoms in total. The molecule has 128 valence electrons. The molecule has 0 fully saturated rings. The van der Waals surface area contributed by atoms with Crippen LogP contribution in [-0.2, 0) is 10.3 Å². The molecule has 0 atom stereocenters. The third-order valence-corrected chi connectivity index (χ3v) is 4.13. The number of amides is 1. The number of carbonyl (C=O) groups excluding carboxylic acids is 1. The maximum atomic E-state index is 12.3. The van der Waals surface area contributed by atoms with E-state index < -0.39 is 4.92 Å². The molecular weight excluding hydrogens is 332 g/mol. The van der Waals surface area contributed by atoms with Crippen molar-refractivity contribution in [2.75, 3.05) is 17.7 Å². The quantitative estimate of drug-likeness (QED) is 0.461. The number of hydrogen-bond donors (Lipinski definition) is 0. The topological polar surface area (TPSA) is 107 Å². The van der Waals surface area contributed by atoms with E-state index in [1.54, 1.807) is 23.9 Å². The van der Waals surface area contributed by atoms with E-state index in [0.717, 1.165) is 0 Å². The van der Waals surface area contributed by atoms with Crippen molar-refractivity contribution in [1.82, 2.24) is 20.2 Å². The number of rotatable bonds is 5. The number of nitro groups is 1. The highest BCUT2D eigenvalue weighted by molar-refractivity contribution is 7.99. The Bertz CT molecular complexity index is 738. The molecule has 0 aliphatic carbocycles. The largest absolute Gasteiger partial charge is 0.315 e. The molecule has 0 aliphatic heterocycles. The van der Waals surface area contributed by atoms with Gasteiger partial charge in [0.25, 0.3) is 5.69 Å². The molecular formula is C14H18N6O3S. The van der Waals surface area contributed by atoms with E-state index in [4.69, 9.17) is 0 Å². The fraction of sp³-hybridized carbons (Fsp3) is 0.429. The summed E-state index contributed by atoms with van der Waals surface area (Å²) in [5, 5.41) is 22.8. The van der Waals surface area contributed by atoms with Crippen molar-refractivity contribution in [1.29, 1.82) is 0 Å². The predicted molar refractivity (Wildman–Crippen MR) is 90.0 cm³/mol. The molecule has 0 saturated heterocycles. The summed E-state index contributed by atoms with van der Waals surface area (Å²) in [6.45, 7) is 5.91. The van der Waals surface area contributed by atoms with Crippen LogP contribution in [0.3, 0.4) is 0 Å². The number of hydrogen-bond acceptors (Lipinski definition) is 7. The minimum atomic E-state index is -0.478. The highest BCUT2D eigenvalue weighted by Crippen LogP contribution is 2.23. The van der Waals surface area contributed by atoms with Gasteiger partial charge in [0, 0.05) is 24.9 Å². The molecule has 24 heavy (non-hydrogen) atoms. The van der Waals surface area contributed by atoms with Gasteiger partial charge in [0.05, 0.1) is 16.2 Å². The maximum Gasteiger partial charge on any atom is 0.269 e. The summed E-state index contributed by atoms with van der Waals surface area (Å²) in [5.74, 6) is 0.00142. The van der Waals surface area contributed by atoms with E-state index in [2.05, 4.69) is 15.5 Å². The van der Waals surface area contributed by atoms with Crippen molar-refractivity contribution < 1.29 is 9.72 Å². The third kappa shape index (κ3) is 4.07. The number of carbonyl (C=O) groups is 1. The number of thioether (sulfide) groups is 1. The Morgan fingerprint density at radius 3 is 2.50 bits per heavy atom. The summed E-state index contributed by atoms with van der Waals surface area (Å²) < 4.78 is 1.66. The average Bonchev–Trinajstić information content (AvgIpc) is 3.00. The lowest BCUT2D eigenvalue weighted by atomic mass is 10.1. The van der Waals surface area contributed by atoms with E-state index in [0.29, 0.717) is 10.8 Å². The van der Waals surface area contributed by atoms with Crippen LogP contribution in [0.1, 0.15) is 20.8 Å². The molecule has 0 aliphatic rings. The lowest BCUT2D eigenvalue weighted by Gasteiger charge is -2.20. The monoisotopic (exact) mass is 350 g/mol. The van der Waals surface area contributed by atoms with Gasteiger partial charge in [-0.05, 0) is 43.3 Å². The maximum absolute atomic E-state index is 12.3. The molecule has 0 radical (unpaired) electrons. The average molecular weight is 350 g/mol. The zero-order valence-electron chi connectivity index (χ0n) is 13.8. The van der Waals surface area contributed by atoms with Crippen LogP contribution in [-0.4, -0.2) is 43.8 Å². The van der Waals surface area contributed by atoms with Gasteiger partial charge in [0.15, 0.2) is 0 Å². The minimum absolute atomic E-state index is 0.0154. The first-order valence-electron chi connectivity index (χ1n) is 7.13. The van der Waals surface area contributed by atoms with Crippen molar-refractivity contribution in [2.45, 2.75) is 31.5 Å². The summed E-state index contributed by atoms with van der Waals surface area (Å²) in [7, 11) is 1.62. The van der Waals surface area contributed by atoms with E-state index >= 15 is 0 Å². The lowest BCUT2D eigenvalue weighted by Crippen LogP contribution is -2.29. The summed E-state index contributed by atoms with van der Waals surface area (Å²) in [6, 6.07) is 5.82. The van der Waals surface area contributed by atoms with Gasteiger partial charge in [0.2, 0.25) is 11.1 Å². The molecule has 2 rings (SSSR count). The third-order valence-electron chi connectivity index (χ3n) is 3.22. The van der Waals surface area contributed by atoms with Crippen LogP contribution in [0.5, 0.6) is 0 Å². The summed E-state index contributed by atoms with van der Waals surface area (Å²) in [4.78, 5) is 23.9. The van der Waals surface area contributed by atoms with Crippen molar-refractivity contribution in [3.8, 4) is 0 Å². The van der Waals surface area contributed by atoms with E-state index in [-0.39, 0.29) is 22.9 Å². The predicted octanol–water partition coefficient (Wildman–Crippen LogP) is 2.09. The van der Waals surface area contributed by atoms with Crippen molar-refractivity contribution in [3.05, 3.63) is 34.4 Å². The second kappa shape index (κ2) is 6.95. The smallest absolute Gasteiger partial charge is 0.269 e. The fourth-order valence-electron chi connectivity index (χ4n) is 1.86. The Labute approximate surface area is 143 Å². The van der Waals surface area contributed by atoms with Crippen LogP contribution >= 0.6 is 11.8 Å². The van der Waals surface area contributed by atoms with Crippen LogP contribution < -0.4 is 4.90 Å². The minimum Gasteiger partial charge on any atom is -0.315 e. The normalized spacial score (nSPS) is 11.3. The Kier molecular flexibility index (Phi) is 5.17. The van der Waals surface area contributed by atoms with E-state index in [1.165, 1.54) is 28.8 Å². The van der Waals surface area contributed by atoms with Crippen LogP contribution in [0.15, 0.2) is 29.4 Å². The Morgan fingerprint density at radius 2 is 1.96 bits per heavy atom. The standard InChI is InChI=1S/C14H18N6O3S/c1-14(2,3)19-13(15-16-17-19)24-9-12(21)18(4)10-5-7-11(8-6-10)20(22)23/h5-8H,9H2,1-4H3. The van der Waals surface area contributed by atoms with E-state index in [1.807, 2.05) is 20.8 Å². The Balaban J connectivity index is 2.02. The molecule has 2 aromatic rings. The number of tetrazole rings is 1. The molecule has 0 unspecified atom stereocenters. The first-order chi connectivity index (χ1) is 11.2. The van der Waals surface area contributed by atoms with Crippen molar-refractivity contribution in [3.63, 3.8) is 0 Å². The number of benzene rings is 1. The van der Waals surface area contributed by atoms with Crippen molar-refractivity contribution >= 4 is 29.0 Å². The molecule has 1 heterocycles. The first-order valence-corrected chi connectivity index (χ1v) is 8.11. The molecule has 1 aromatic carbocycles. The van der Waals surface area contributed by atoms with Gasteiger partial charge < -0.3 is 4.90 Å². The number of aromatic nitrogens is 4. The first kappa shape index (κ1) is 17.9. The molecule has 0 spiro atoms. The SMILES string of the molecule is CN(C(=O)CSc1nnnn1C(C)(C)C)c1ccc([N+](=O)[O-])cc1. The lowest BCUT2D eigenvalue weighted by molar-refractivity contribution is -0.384. The van der Waals surface area contributed by atoms with Gasteiger partial charge in [-0.2, -0.15) is 0 Å². The van der Waals surface area contributed by atoms with Gasteiger partial charge in [-0.25, -0.2) is 4.68 Å². The summed E-state index contributed by atoms with van der Waals surface area (Å²) >= 11 is 1.25. The van der Waals surface area contributed by atoms with Gasteiger partial charge >= 0.3 is 0 Å². The molecule has 1 aromatic heterocycles. The summed E-state index contributed by atoms with van der Waals surface area (Å²) in [5.41, 5.74) is 0.291. The molecule has 0 N–H and O–H groups in total. The molecule has 0 bridgehead atoms. The van der Waals surface area contributed by atoms with Crippen LogP contribution in [0.2, 0.25) is 0 Å². The molecule has 1 amide bonds. The van der Waals surface area contributed by atoms with E-state index in [9.17, 15) is 14.9 Å². The van der Waals surface area contributed by atoms with Gasteiger partial charge in [-0.1, -0.05) is 11.8 Å². The number of anilines is 1. The molecule has 0 saturated carbocycles. The van der Waals surface area contributed by atoms with Gasteiger partial charge in [-0.15, -0.1) is 5.10 Å². The van der Waals surface area contributed by atoms with Crippen molar-refractivity contribution in [2.24, 2.45) is 0 Å².